The summed E-state index contributed by atoms with van der Waals surface area (Å²) >= 11 is 5.20. The zero-order valence-corrected chi connectivity index (χ0v) is 10.4. The molecule has 0 saturated carbocycles. The molecule has 0 atom stereocenters. The fraction of sp³-hybridized carbons (Fsp3) is 0.167. The van der Waals surface area contributed by atoms with Gasteiger partial charge in [0.15, 0.2) is 5.11 Å². The van der Waals surface area contributed by atoms with E-state index in [4.69, 9.17) is 12.2 Å². The predicted octanol–water partition coefficient (Wildman–Crippen LogP) is 1.91. The van der Waals surface area contributed by atoms with Gasteiger partial charge in [0.1, 0.15) is 0 Å². The standard InChI is InChI=1S/C12H14N4S/c1-16-11(7-8-14-16)9-13-12(17)15-10-5-3-2-4-6-10/h2-8H,9H2,1H3,(H2,13,15,17). The predicted molar refractivity (Wildman–Crippen MR) is 72.7 cm³/mol. The van der Waals surface area contributed by atoms with Crippen LogP contribution in [0.3, 0.4) is 0 Å². The van der Waals surface area contributed by atoms with Gasteiger partial charge in [0, 0.05) is 18.9 Å². The van der Waals surface area contributed by atoms with Crippen molar-refractivity contribution in [1.82, 2.24) is 15.1 Å². The SMILES string of the molecule is Cn1nccc1CNC(=S)Nc1ccccc1. The van der Waals surface area contributed by atoms with Gasteiger partial charge in [0.25, 0.3) is 0 Å². The largest absolute Gasteiger partial charge is 0.357 e. The number of para-hydroxylation sites is 1. The van der Waals surface area contributed by atoms with Gasteiger partial charge >= 0.3 is 0 Å². The maximum Gasteiger partial charge on any atom is 0.171 e. The summed E-state index contributed by atoms with van der Waals surface area (Å²) in [4.78, 5) is 0. The van der Waals surface area contributed by atoms with E-state index in [1.807, 2.05) is 48.1 Å². The van der Waals surface area contributed by atoms with Gasteiger partial charge < -0.3 is 10.6 Å². The van der Waals surface area contributed by atoms with Crippen LogP contribution >= 0.6 is 12.2 Å². The fourth-order valence-electron chi connectivity index (χ4n) is 1.44. The Labute approximate surface area is 106 Å². The molecule has 0 aliphatic carbocycles. The molecule has 0 bridgehead atoms. The van der Waals surface area contributed by atoms with Gasteiger partial charge in [-0.1, -0.05) is 18.2 Å². The molecular formula is C12H14N4S. The van der Waals surface area contributed by atoms with Crippen molar-refractivity contribution in [1.29, 1.82) is 0 Å². The number of anilines is 1. The van der Waals surface area contributed by atoms with Gasteiger partial charge in [-0.3, -0.25) is 4.68 Å². The molecule has 0 amide bonds. The van der Waals surface area contributed by atoms with Crippen LogP contribution in [0.5, 0.6) is 0 Å². The Morgan fingerprint density at radius 2 is 2.06 bits per heavy atom. The first-order chi connectivity index (χ1) is 8.25. The highest BCUT2D eigenvalue weighted by atomic mass is 32.1. The van der Waals surface area contributed by atoms with Crippen LogP contribution in [-0.4, -0.2) is 14.9 Å². The number of benzene rings is 1. The zero-order chi connectivity index (χ0) is 12.1. The molecule has 0 saturated heterocycles. The fourth-order valence-corrected chi connectivity index (χ4v) is 1.63. The van der Waals surface area contributed by atoms with Crippen molar-refractivity contribution in [3.63, 3.8) is 0 Å². The van der Waals surface area contributed by atoms with Crippen molar-refractivity contribution >= 4 is 23.0 Å². The van der Waals surface area contributed by atoms with Crippen LogP contribution in [0.15, 0.2) is 42.6 Å². The summed E-state index contributed by atoms with van der Waals surface area (Å²) in [5.74, 6) is 0. The smallest absolute Gasteiger partial charge is 0.171 e. The van der Waals surface area contributed by atoms with Crippen molar-refractivity contribution in [3.8, 4) is 0 Å². The van der Waals surface area contributed by atoms with Crippen LogP contribution in [0.1, 0.15) is 5.69 Å². The first-order valence-corrected chi connectivity index (χ1v) is 5.73. The lowest BCUT2D eigenvalue weighted by molar-refractivity contribution is 0.695. The van der Waals surface area contributed by atoms with Crippen LogP contribution in [0.2, 0.25) is 0 Å². The van der Waals surface area contributed by atoms with Gasteiger partial charge in [-0.05, 0) is 30.4 Å². The van der Waals surface area contributed by atoms with Crippen molar-refractivity contribution in [3.05, 3.63) is 48.3 Å². The van der Waals surface area contributed by atoms with Crippen molar-refractivity contribution < 1.29 is 0 Å². The summed E-state index contributed by atoms with van der Waals surface area (Å²) in [7, 11) is 1.91. The number of nitrogens with zero attached hydrogens (tertiary/aromatic N) is 2. The van der Waals surface area contributed by atoms with Crippen LogP contribution in [0.25, 0.3) is 0 Å². The van der Waals surface area contributed by atoms with E-state index in [-0.39, 0.29) is 0 Å². The van der Waals surface area contributed by atoms with Crippen molar-refractivity contribution in [2.45, 2.75) is 6.54 Å². The van der Waals surface area contributed by atoms with Crippen LogP contribution in [-0.2, 0) is 13.6 Å². The Balaban J connectivity index is 1.84. The number of hydrogen-bond donors (Lipinski definition) is 2. The lowest BCUT2D eigenvalue weighted by Gasteiger charge is -2.10. The van der Waals surface area contributed by atoms with E-state index in [1.54, 1.807) is 6.20 Å². The molecule has 17 heavy (non-hydrogen) atoms. The number of aryl methyl sites for hydroxylation is 1. The van der Waals surface area contributed by atoms with Gasteiger partial charge in [-0.2, -0.15) is 5.10 Å². The summed E-state index contributed by atoms with van der Waals surface area (Å²) in [5, 5.41) is 10.9. The van der Waals surface area contributed by atoms with E-state index < -0.39 is 0 Å². The molecule has 88 valence electrons. The summed E-state index contributed by atoms with van der Waals surface area (Å²) < 4.78 is 1.82. The van der Waals surface area contributed by atoms with Gasteiger partial charge in [-0.25, -0.2) is 0 Å². The van der Waals surface area contributed by atoms with E-state index in [0.717, 1.165) is 11.4 Å². The second-order valence-electron chi connectivity index (χ2n) is 3.62. The van der Waals surface area contributed by atoms with E-state index >= 15 is 0 Å². The molecule has 0 aliphatic heterocycles. The minimum Gasteiger partial charge on any atom is -0.357 e. The topological polar surface area (TPSA) is 41.9 Å². The van der Waals surface area contributed by atoms with Crippen LogP contribution < -0.4 is 10.6 Å². The number of hydrogen-bond acceptors (Lipinski definition) is 2. The van der Waals surface area contributed by atoms with E-state index in [0.29, 0.717) is 11.7 Å². The molecule has 2 aromatic rings. The summed E-state index contributed by atoms with van der Waals surface area (Å²) in [5.41, 5.74) is 2.07. The molecule has 0 fully saturated rings. The second-order valence-corrected chi connectivity index (χ2v) is 4.03. The highest BCUT2D eigenvalue weighted by Gasteiger charge is 2.00. The monoisotopic (exact) mass is 246 g/mol. The minimum absolute atomic E-state index is 0.609. The first-order valence-electron chi connectivity index (χ1n) is 5.32. The highest BCUT2D eigenvalue weighted by Crippen LogP contribution is 2.04. The van der Waals surface area contributed by atoms with E-state index in [1.165, 1.54) is 0 Å². The number of nitrogens with one attached hydrogen (secondary N) is 2. The highest BCUT2D eigenvalue weighted by molar-refractivity contribution is 7.80. The average molecular weight is 246 g/mol. The van der Waals surface area contributed by atoms with E-state index in [9.17, 15) is 0 Å². The molecule has 0 spiro atoms. The summed E-state index contributed by atoms with van der Waals surface area (Å²) in [6, 6.07) is 11.8. The Morgan fingerprint density at radius 3 is 2.71 bits per heavy atom. The van der Waals surface area contributed by atoms with Crippen LogP contribution in [0.4, 0.5) is 5.69 Å². The maximum absolute atomic E-state index is 5.20. The number of aromatic nitrogens is 2. The number of rotatable bonds is 3. The van der Waals surface area contributed by atoms with E-state index in [2.05, 4.69) is 15.7 Å². The maximum atomic E-state index is 5.20. The molecule has 5 heteroatoms. The summed E-state index contributed by atoms with van der Waals surface area (Å²) in [6.45, 7) is 0.662. The molecule has 1 aromatic carbocycles. The van der Waals surface area contributed by atoms with Crippen molar-refractivity contribution in [2.24, 2.45) is 7.05 Å². The first kappa shape index (κ1) is 11.6. The Hall–Kier alpha value is -1.88. The lowest BCUT2D eigenvalue weighted by Crippen LogP contribution is -2.28. The average Bonchev–Trinajstić information content (AvgIpc) is 2.74. The molecule has 2 N–H and O–H groups in total. The second kappa shape index (κ2) is 5.45. The Morgan fingerprint density at radius 1 is 1.29 bits per heavy atom. The molecule has 4 nitrogen and oxygen atoms in total. The minimum atomic E-state index is 0.609. The molecule has 0 radical (unpaired) electrons. The third kappa shape index (κ3) is 3.29. The van der Waals surface area contributed by atoms with Gasteiger partial charge in [-0.15, -0.1) is 0 Å². The Kier molecular flexibility index (Phi) is 3.72. The molecule has 2 rings (SSSR count). The number of thiocarbonyl (C=S) groups is 1. The lowest BCUT2D eigenvalue weighted by atomic mass is 10.3. The molecule has 0 aliphatic rings. The molecular weight excluding hydrogens is 232 g/mol. The third-order valence-corrected chi connectivity index (χ3v) is 2.63. The quantitative estimate of drug-likeness (QED) is 0.812. The Bertz CT molecular complexity index is 492. The molecule has 1 heterocycles. The summed E-state index contributed by atoms with van der Waals surface area (Å²) in [6.07, 6.45) is 1.77. The van der Waals surface area contributed by atoms with Gasteiger partial charge in [0.2, 0.25) is 0 Å². The third-order valence-electron chi connectivity index (χ3n) is 2.38. The van der Waals surface area contributed by atoms with Crippen LogP contribution in [0, 0.1) is 0 Å². The molecule has 1 aromatic heterocycles. The zero-order valence-electron chi connectivity index (χ0n) is 9.55. The normalized spacial score (nSPS) is 9.94. The van der Waals surface area contributed by atoms with Gasteiger partial charge in [0.05, 0.1) is 12.2 Å². The molecule has 0 unspecified atom stereocenters. The van der Waals surface area contributed by atoms with Crippen molar-refractivity contribution in [2.75, 3.05) is 5.32 Å².